The van der Waals surface area contributed by atoms with Crippen molar-refractivity contribution in [1.82, 2.24) is 9.38 Å². The van der Waals surface area contributed by atoms with Crippen LogP contribution in [0.15, 0.2) is 29.8 Å². The summed E-state index contributed by atoms with van der Waals surface area (Å²) in [6, 6.07) is 4.95. The normalized spacial score (nSPS) is 13.9. The Kier molecular flexibility index (Phi) is 3.20. The summed E-state index contributed by atoms with van der Waals surface area (Å²) >= 11 is 1.33. The number of nitro groups is 2. The van der Waals surface area contributed by atoms with Crippen molar-refractivity contribution in [2.24, 2.45) is 0 Å². The number of hydrogen-bond acceptors (Lipinski definition) is 7. The third-order valence-corrected chi connectivity index (χ3v) is 4.89. The van der Waals surface area contributed by atoms with Crippen LogP contribution in [0.5, 0.6) is 0 Å². The lowest BCUT2D eigenvalue weighted by Crippen LogP contribution is -2.31. The molecule has 0 amide bonds. The van der Waals surface area contributed by atoms with Crippen LogP contribution < -0.4 is 4.90 Å². The quantitative estimate of drug-likeness (QED) is 0.533. The van der Waals surface area contributed by atoms with E-state index in [0.717, 1.165) is 5.56 Å². The lowest BCUT2D eigenvalue weighted by Gasteiger charge is -2.28. The topological polar surface area (TPSA) is 107 Å². The number of nitro benzene ring substituents is 1. The summed E-state index contributed by atoms with van der Waals surface area (Å²) < 4.78 is 1.46. The molecule has 0 saturated carbocycles. The van der Waals surface area contributed by atoms with Crippen molar-refractivity contribution in [3.05, 3.63) is 61.1 Å². The van der Waals surface area contributed by atoms with E-state index in [4.69, 9.17) is 0 Å². The molecule has 0 spiro atoms. The zero-order valence-corrected chi connectivity index (χ0v) is 13.1. The lowest BCUT2D eigenvalue weighted by atomic mass is 9.98. The Morgan fingerprint density at radius 1 is 1.21 bits per heavy atom. The number of nitrogens with zero attached hydrogens (tertiary/aromatic N) is 5. The molecule has 3 aromatic rings. The maximum absolute atomic E-state index is 11.5. The van der Waals surface area contributed by atoms with E-state index in [1.807, 2.05) is 11.0 Å². The van der Waals surface area contributed by atoms with E-state index in [-0.39, 0.29) is 16.4 Å². The molecule has 1 aromatic carbocycles. The van der Waals surface area contributed by atoms with E-state index in [1.165, 1.54) is 21.8 Å². The molecule has 10 heteroatoms. The summed E-state index contributed by atoms with van der Waals surface area (Å²) in [7, 11) is 0. The summed E-state index contributed by atoms with van der Waals surface area (Å²) in [5.41, 5.74) is 1.61. The van der Waals surface area contributed by atoms with Crippen molar-refractivity contribution >= 4 is 33.6 Å². The molecule has 122 valence electrons. The molecule has 0 atom stereocenters. The van der Waals surface area contributed by atoms with Gasteiger partial charge in [0.1, 0.15) is 6.20 Å². The molecular formula is C14H11N5O4S. The van der Waals surface area contributed by atoms with Gasteiger partial charge in [0.2, 0.25) is 5.82 Å². The fourth-order valence-corrected chi connectivity index (χ4v) is 3.79. The van der Waals surface area contributed by atoms with Gasteiger partial charge in [0, 0.05) is 30.1 Å². The first-order valence-electron chi connectivity index (χ1n) is 7.16. The molecule has 1 aliphatic rings. The molecule has 0 saturated heterocycles. The van der Waals surface area contributed by atoms with Gasteiger partial charge in [-0.15, -0.1) is 0 Å². The van der Waals surface area contributed by atoms with Crippen molar-refractivity contribution in [3.8, 4) is 0 Å². The zero-order chi connectivity index (χ0) is 16.8. The molecule has 24 heavy (non-hydrogen) atoms. The molecular weight excluding hydrogens is 334 g/mol. The number of hydrogen-bond donors (Lipinski definition) is 0. The maximum Gasteiger partial charge on any atom is 0.373 e. The highest BCUT2D eigenvalue weighted by atomic mass is 32.1. The molecule has 3 heterocycles. The average Bonchev–Trinajstić information content (AvgIpc) is 3.13. The number of anilines is 1. The molecule has 0 N–H and O–H groups in total. The first kappa shape index (κ1) is 14.6. The maximum atomic E-state index is 11.5. The Morgan fingerprint density at radius 3 is 2.79 bits per heavy atom. The standard InChI is InChI=1S/C14H11N5O4S/c20-18(21)11-3-1-2-9-8-16(5-4-10(9)11)12-13(19(22)23)17-6-7-24-14(17)15-12/h1-3,6-7H,4-5,8H2. The molecule has 0 aliphatic carbocycles. The number of rotatable bonds is 3. The van der Waals surface area contributed by atoms with Gasteiger partial charge in [-0.25, -0.2) is 0 Å². The molecule has 0 bridgehead atoms. The second-order valence-electron chi connectivity index (χ2n) is 5.42. The van der Waals surface area contributed by atoms with E-state index in [0.29, 0.717) is 35.9 Å². The van der Waals surface area contributed by atoms with Gasteiger partial charge in [0.25, 0.3) is 10.6 Å². The number of benzene rings is 1. The van der Waals surface area contributed by atoms with Crippen LogP contribution in [0.25, 0.3) is 4.96 Å². The van der Waals surface area contributed by atoms with Gasteiger partial charge in [-0.3, -0.25) is 10.1 Å². The Balaban J connectivity index is 1.77. The van der Waals surface area contributed by atoms with Crippen LogP contribution in [-0.2, 0) is 13.0 Å². The summed E-state index contributed by atoms with van der Waals surface area (Å²) in [4.78, 5) is 28.5. The van der Waals surface area contributed by atoms with Gasteiger partial charge in [-0.1, -0.05) is 23.5 Å². The Morgan fingerprint density at radius 2 is 2.04 bits per heavy atom. The number of thiazole rings is 1. The van der Waals surface area contributed by atoms with Crippen LogP contribution in [0.4, 0.5) is 17.3 Å². The van der Waals surface area contributed by atoms with Crippen molar-refractivity contribution in [2.45, 2.75) is 13.0 Å². The fourth-order valence-electron chi connectivity index (χ4n) is 3.09. The highest BCUT2D eigenvalue weighted by Crippen LogP contribution is 2.35. The summed E-state index contributed by atoms with van der Waals surface area (Å²) in [5.74, 6) is 0.240. The second kappa shape index (κ2) is 5.27. The predicted molar refractivity (Wildman–Crippen MR) is 87.6 cm³/mol. The third kappa shape index (κ3) is 2.11. The van der Waals surface area contributed by atoms with Crippen molar-refractivity contribution < 1.29 is 9.85 Å². The van der Waals surface area contributed by atoms with Gasteiger partial charge in [-0.2, -0.15) is 9.38 Å². The zero-order valence-electron chi connectivity index (χ0n) is 12.3. The van der Waals surface area contributed by atoms with Crippen LogP contribution in [0, 0.1) is 20.2 Å². The largest absolute Gasteiger partial charge is 0.373 e. The van der Waals surface area contributed by atoms with Crippen LogP contribution in [0.2, 0.25) is 0 Å². The Hall–Kier alpha value is -3.01. The van der Waals surface area contributed by atoms with Crippen LogP contribution in [0.1, 0.15) is 11.1 Å². The highest BCUT2D eigenvalue weighted by molar-refractivity contribution is 7.15. The number of fused-ring (bicyclic) bond motifs is 2. The number of imidazole rings is 1. The van der Waals surface area contributed by atoms with Crippen LogP contribution in [-0.4, -0.2) is 25.8 Å². The van der Waals surface area contributed by atoms with E-state index in [1.54, 1.807) is 17.6 Å². The minimum absolute atomic E-state index is 0.0693. The number of aromatic nitrogens is 2. The van der Waals surface area contributed by atoms with Crippen molar-refractivity contribution in [2.75, 3.05) is 11.4 Å². The van der Waals surface area contributed by atoms with Gasteiger partial charge in [0.15, 0.2) is 0 Å². The van der Waals surface area contributed by atoms with Crippen molar-refractivity contribution in [3.63, 3.8) is 0 Å². The summed E-state index contributed by atoms with van der Waals surface area (Å²) in [5, 5.41) is 24.3. The average molecular weight is 345 g/mol. The molecule has 4 rings (SSSR count). The molecule has 0 fully saturated rings. The molecule has 1 aliphatic heterocycles. The molecule has 0 unspecified atom stereocenters. The van der Waals surface area contributed by atoms with E-state index in [9.17, 15) is 20.2 Å². The summed E-state index contributed by atoms with van der Waals surface area (Å²) in [6.07, 6.45) is 2.08. The van der Waals surface area contributed by atoms with Crippen LogP contribution in [0.3, 0.4) is 0 Å². The van der Waals surface area contributed by atoms with E-state index < -0.39 is 4.92 Å². The molecule has 0 radical (unpaired) electrons. The van der Waals surface area contributed by atoms with E-state index >= 15 is 0 Å². The first-order valence-corrected chi connectivity index (χ1v) is 8.04. The second-order valence-corrected chi connectivity index (χ2v) is 6.29. The van der Waals surface area contributed by atoms with Gasteiger partial charge < -0.3 is 15.0 Å². The smallest absolute Gasteiger partial charge is 0.358 e. The Bertz CT molecular complexity index is 979. The lowest BCUT2D eigenvalue weighted by molar-refractivity contribution is -0.389. The van der Waals surface area contributed by atoms with E-state index in [2.05, 4.69) is 4.98 Å². The Labute approximate surface area is 139 Å². The first-order chi connectivity index (χ1) is 11.6. The van der Waals surface area contributed by atoms with Crippen LogP contribution >= 0.6 is 11.3 Å². The van der Waals surface area contributed by atoms with Gasteiger partial charge in [-0.05, 0) is 16.9 Å². The molecule has 9 nitrogen and oxygen atoms in total. The third-order valence-electron chi connectivity index (χ3n) is 4.13. The monoisotopic (exact) mass is 345 g/mol. The minimum Gasteiger partial charge on any atom is -0.358 e. The van der Waals surface area contributed by atoms with Gasteiger partial charge >= 0.3 is 5.82 Å². The SMILES string of the molecule is O=[N+]([O-])c1cccc2c1CCN(c1nc3sccn3c1[N+](=O)[O-])C2. The predicted octanol–water partition coefficient (Wildman–Crippen LogP) is 2.77. The highest BCUT2D eigenvalue weighted by Gasteiger charge is 2.31. The van der Waals surface area contributed by atoms with Gasteiger partial charge in [0.05, 0.1) is 4.92 Å². The fraction of sp³-hybridized carbons (Fsp3) is 0.214. The summed E-state index contributed by atoms with van der Waals surface area (Å²) in [6.45, 7) is 0.812. The van der Waals surface area contributed by atoms with Crippen molar-refractivity contribution in [1.29, 1.82) is 0 Å². The minimum atomic E-state index is -0.439. The molecule has 2 aromatic heterocycles.